The standard InChI is InChI=1S/C15H16ClNO3/c1-9(18)17-8-12-6-11(4-5-13(12)16)15(20)7-14(19)10-2-3-10/h4-6,10H,2-3,7-8H2,1H3,(H,17,18). The van der Waals surface area contributed by atoms with Crippen molar-refractivity contribution < 1.29 is 14.4 Å². The van der Waals surface area contributed by atoms with Gasteiger partial charge in [-0.1, -0.05) is 11.6 Å². The van der Waals surface area contributed by atoms with Gasteiger partial charge in [0.2, 0.25) is 5.91 Å². The SMILES string of the molecule is CC(=O)NCc1cc(C(=O)CC(=O)C2CC2)ccc1Cl. The highest BCUT2D eigenvalue weighted by Gasteiger charge is 2.30. The fraction of sp³-hybridized carbons (Fsp3) is 0.400. The van der Waals surface area contributed by atoms with Gasteiger partial charge in [0, 0.05) is 30.0 Å². The van der Waals surface area contributed by atoms with E-state index in [1.165, 1.54) is 6.92 Å². The molecule has 1 amide bonds. The summed E-state index contributed by atoms with van der Waals surface area (Å²) in [5.74, 6) is -0.247. The van der Waals surface area contributed by atoms with Gasteiger partial charge in [0.1, 0.15) is 5.78 Å². The van der Waals surface area contributed by atoms with Crippen LogP contribution in [0, 0.1) is 5.92 Å². The van der Waals surface area contributed by atoms with Crippen LogP contribution in [0.15, 0.2) is 18.2 Å². The maximum Gasteiger partial charge on any atom is 0.217 e. The third kappa shape index (κ3) is 3.90. The average molecular weight is 294 g/mol. The van der Waals surface area contributed by atoms with E-state index in [4.69, 9.17) is 11.6 Å². The predicted octanol–water partition coefficient (Wildman–Crippen LogP) is 2.53. The number of benzene rings is 1. The fourth-order valence-electron chi connectivity index (χ4n) is 1.91. The Bertz CT molecular complexity index is 564. The molecule has 0 bridgehead atoms. The van der Waals surface area contributed by atoms with Crippen molar-refractivity contribution in [1.29, 1.82) is 0 Å². The van der Waals surface area contributed by atoms with Crippen LogP contribution in [0.25, 0.3) is 0 Å². The molecular weight excluding hydrogens is 278 g/mol. The third-order valence-electron chi connectivity index (χ3n) is 3.26. The largest absolute Gasteiger partial charge is 0.352 e. The van der Waals surface area contributed by atoms with Crippen LogP contribution in [0.5, 0.6) is 0 Å². The van der Waals surface area contributed by atoms with Gasteiger partial charge in [0.25, 0.3) is 0 Å². The van der Waals surface area contributed by atoms with Crippen molar-refractivity contribution in [3.63, 3.8) is 0 Å². The van der Waals surface area contributed by atoms with E-state index in [1.54, 1.807) is 18.2 Å². The van der Waals surface area contributed by atoms with Crippen LogP contribution in [0.4, 0.5) is 0 Å². The van der Waals surface area contributed by atoms with Crippen LogP contribution in [-0.4, -0.2) is 17.5 Å². The summed E-state index contributed by atoms with van der Waals surface area (Å²) in [5, 5.41) is 3.13. The molecule has 0 spiro atoms. The molecular formula is C15H16ClNO3. The van der Waals surface area contributed by atoms with Gasteiger partial charge in [-0.25, -0.2) is 0 Å². The highest BCUT2D eigenvalue weighted by molar-refractivity contribution is 6.31. The summed E-state index contributed by atoms with van der Waals surface area (Å²) >= 11 is 6.02. The smallest absolute Gasteiger partial charge is 0.217 e. The van der Waals surface area contributed by atoms with Gasteiger partial charge in [-0.2, -0.15) is 0 Å². The van der Waals surface area contributed by atoms with Gasteiger partial charge in [0.15, 0.2) is 5.78 Å². The predicted molar refractivity (Wildman–Crippen MR) is 75.7 cm³/mol. The maximum absolute atomic E-state index is 12.0. The van der Waals surface area contributed by atoms with Crippen molar-refractivity contribution in [3.05, 3.63) is 34.3 Å². The number of nitrogens with one attached hydrogen (secondary N) is 1. The number of Topliss-reactive ketones (excluding diaryl/α,β-unsaturated/α-hetero) is 2. The van der Waals surface area contributed by atoms with E-state index < -0.39 is 0 Å². The molecule has 1 aromatic rings. The van der Waals surface area contributed by atoms with Gasteiger partial charge in [-0.15, -0.1) is 0 Å². The Morgan fingerprint density at radius 3 is 2.60 bits per heavy atom. The van der Waals surface area contributed by atoms with Gasteiger partial charge in [0.05, 0.1) is 6.42 Å². The van der Waals surface area contributed by atoms with Gasteiger partial charge in [-0.3, -0.25) is 14.4 Å². The molecule has 1 saturated carbocycles. The molecule has 0 radical (unpaired) electrons. The first kappa shape index (κ1) is 14.7. The molecule has 0 saturated heterocycles. The summed E-state index contributed by atoms with van der Waals surface area (Å²) in [6.07, 6.45) is 1.76. The molecule has 106 valence electrons. The van der Waals surface area contributed by atoms with Gasteiger partial charge < -0.3 is 5.32 Å². The summed E-state index contributed by atoms with van der Waals surface area (Å²) in [6.45, 7) is 1.68. The second-order valence-electron chi connectivity index (χ2n) is 5.06. The Balaban J connectivity index is 2.06. The number of carbonyl (C=O) groups is 3. The van der Waals surface area contributed by atoms with Crippen LogP contribution in [0.1, 0.15) is 42.1 Å². The number of carbonyl (C=O) groups excluding carboxylic acids is 3. The van der Waals surface area contributed by atoms with Crippen LogP contribution in [0.2, 0.25) is 5.02 Å². The van der Waals surface area contributed by atoms with E-state index in [0.29, 0.717) is 16.1 Å². The van der Waals surface area contributed by atoms with Crippen LogP contribution >= 0.6 is 11.6 Å². The van der Waals surface area contributed by atoms with Crippen molar-refractivity contribution in [3.8, 4) is 0 Å². The Labute approximate surface area is 122 Å². The monoisotopic (exact) mass is 293 g/mol. The van der Waals surface area contributed by atoms with Crippen molar-refractivity contribution in [1.82, 2.24) is 5.32 Å². The van der Waals surface area contributed by atoms with E-state index in [2.05, 4.69) is 5.32 Å². The number of ketones is 2. The maximum atomic E-state index is 12.0. The first-order valence-corrected chi connectivity index (χ1v) is 6.94. The van der Waals surface area contributed by atoms with E-state index in [-0.39, 0.29) is 36.4 Å². The lowest BCUT2D eigenvalue weighted by Gasteiger charge is -2.07. The fourth-order valence-corrected chi connectivity index (χ4v) is 2.10. The van der Waals surface area contributed by atoms with Gasteiger partial charge >= 0.3 is 0 Å². The number of amides is 1. The average Bonchev–Trinajstić information content (AvgIpc) is 3.21. The molecule has 5 heteroatoms. The summed E-state index contributed by atoms with van der Waals surface area (Å²) in [6, 6.07) is 4.87. The molecule has 0 atom stereocenters. The number of hydrogen-bond acceptors (Lipinski definition) is 3. The molecule has 2 rings (SSSR count). The first-order valence-electron chi connectivity index (χ1n) is 6.56. The summed E-state index contributed by atoms with van der Waals surface area (Å²) in [7, 11) is 0. The molecule has 0 aliphatic heterocycles. The van der Waals surface area contributed by atoms with E-state index >= 15 is 0 Å². The Hall–Kier alpha value is -1.68. The summed E-state index contributed by atoms with van der Waals surface area (Å²) in [4.78, 5) is 34.6. The molecule has 1 aliphatic carbocycles. The minimum Gasteiger partial charge on any atom is -0.352 e. The number of hydrogen-bond donors (Lipinski definition) is 1. The minimum absolute atomic E-state index is 0.0216. The third-order valence-corrected chi connectivity index (χ3v) is 3.63. The lowest BCUT2D eigenvalue weighted by Crippen LogP contribution is -2.19. The molecule has 0 heterocycles. The normalized spacial score (nSPS) is 13.9. The van der Waals surface area contributed by atoms with Crippen molar-refractivity contribution in [2.24, 2.45) is 5.92 Å². The molecule has 1 N–H and O–H groups in total. The number of rotatable bonds is 6. The zero-order valence-corrected chi connectivity index (χ0v) is 12.0. The molecule has 1 aliphatic rings. The zero-order chi connectivity index (χ0) is 14.7. The summed E-state index contributed by atoms with van der Waals surface area (Å²) in [5.41, 5.74) is 1.13. The lowest BCUT2D eigenvalue weighted by atomic mass is 10.0. The molecule has 1 fully saturated rings. The highest BCUT2D eigenvalue weighted by atomic mass is 35.5. The van der Waals surface area contributed by atoms with Crippen molar-refractivity contribution >= 4 is 29.1 Å². The van der Waals surface area contributed by atoms with Crippen LogP contribution < -0.4 is 5.32 Å². The second-order valence-corrected chi connectivity index (χ2v) is 5.46. The van der Waals surface area contributed by atoms with Crippen molar-refractivity contribution in [2.75, 3.05) is 0 Å². The topological polar surface area (TPSA) is 63.2 Å². The molecule has 0 unspecified atom stereocenters. The lowest BCUT2D eigenvalue weighted by molar-refractivity contribution is -0.120. The van der Waals surface area contributed by atoms with Crippen molar-refractivity contribution in [2.45, 2.75) is 32.7 Å². The molecule has 4 nitrogen and oxygen atoms in total. The second kappa shape index (κ2) is 6.18. The molecule has 0 aromatic heterocycles. The van der Waals surface area contributed by atoms with E-state index in [0.717, 1.165) is 12.8 Å². The Morgan fingerprint density at radius 2 is 2.00 bits per heavy atom. The van der Waals surface area contributed by atoms with Gasteiger partial charge in [-0.05, 0) is 36.6 Å². The Kier molecular flexibility index (Phi) is 4.55. The zero-order valence-electron chi connectivity index (χ0n) is 11.2. The van der Waals surface area contributed by atoms with E-state index in [1.807, 2.05) is 0 Å². The minimum atomic E-state index is -0.192. The first-order chi connectivity index (χ1) is 9.47. The van der Waals surface area contributed by atoms with Crippen LogP contribution in [0.3, 0.4) is 0 Å². The molecule has 1 aromatic carbocycles. The van der Waals surface area contributed by atoms with Crippen LogP contribution in [-0.2, 0) is 16.1 Å². The number of halogens is 1. The molecule has 20 heavy (non-hydrogen) atoms. The quantitative estimate of drug-likeness (QED) is 0.647. The highest BCUT2D eigenvalue weighted by Crippen LogP contribution is 2.31. The van der Waals surface area contributed by atoms with E-state index in [9.17, 15) is 14.4 Å². The Morgan fingerprint density at radius 1 is 1.30 bits per heavy atom. The summed E-state index contributed by atoms with van der Waals surface area (Å²) < 4.78 is 0.